The molecule has 0 radical (unpaired) electrons. The van der Waals surface area contributed by atoms with E-state index in [-0.39, 0.29) is 0 Å². The molecule has 20 heavy (non-hydrogen) atoms. The minimum absolute atomic E-state index is 1.42. The van der Waals surface area contributed by atoms with Crippen LogP contribution in [0.2, 0.25) is 0 Å². The zero-order valence-corrected chi connectivity index (χ0v) is 14.9. The fourth-order valence-corrected chi connectivity index (χ4v) is 13.5. The van der Waals surface area contributed by atoms with Crippen molar-refractivity contribution >= 4 is 39.6 Å². The Labute approximate surface area is 130 Å². The molecular formula is C18H15BrTe. The molecule has 3 rings (SSSR count). The molecule has 0 fully saturated rings. The second-order valence-corrected chi connectivity index (χ2v) is 18.1. The number of benzene rings is 3. The molecule has 0 bridgehead atoms. The Morgan fingerprint density at radius 3 is 0.950 bits per heavy atom. The van der Waals surface area contributed by atoms with E-state index in [1.54, 1.807) is 0 Å². The summed E-state index contributed by atoms with van der Waals surface area (Å²) in [5.41, 5.74) is 0. The topological polar surface area (TPSA) is 0 Å². The van der Waals surface area contributed by atoms with E-state index in [1.165, 1.54) is 10.8 Å². The summed E-state index contributed by atoms with van der Waals surface area (Å²) < 4.78 is 4.27. The monoisotopic (exact) mass is 440 g/mol. The van der Waals surface area contributed by atoms with E-state index in [1.807, 2.05) is 0 Å². The molecule has 0 saturated carbocycles. The van der Waals surface area contributed by atoms with Crippen LogP contribution >= 0.6 is 12.8 Å². The van der Waals surface area contributed by atoms with Crippen LogP contribution in [0, 0.1) is 0 Å². The molecule has 3 aromatic carbocycles. The predicted octanol–water partition coefficient (Wildman–Crippen LogP) is 3.05. The molecular weight excluding hydrogens is 424 g/mol. The van der Waals surface area contributed by atoms with Crippen LogP contribution in [-0.2, 0) is 0 Å². The number of hydrogen-bond donors (Lipinski definition) is 0. The normalized spacial score (nSPS) is 12.1. The van der Waals surface area contributed by atoms with E-state index in [0.717, 1.165) is 0 Å². The van der Waals surface area contributed by atoms with Gasteiger partial charge in [-0.25, -0.2) is 0 Å². The third-order valence-corrected chi connectivity index (χ3v) is 18.6. The van der Waals surface area contributed by atoms with Crippen molar-refractivity contribution < 1.29 is 0 Å². The van der Waals surface area contributed by atoms with Gasteiger partial charge in [-0.05, 0) is 0 Å². The van der Waals surface area contributed by atoms with E-state index in [9.17, 15) is 0 Å². The average Bonchev–Trinajstić information content (AvgIpc) is 2.56. The van der Waals surface area contributed by atoms with Crippen molar-refractivity contribution in [3.05, 3.63) is 91.0 Å². The van der Waals surface area contributed by atoms with Crippen molar-refractivity contribution in [2.75, 3.05) is 0 Å². The van der Waals surface area contributed by atoms with Crippen LogP contribution < -0.4 is 10.8 Å². The molecule has 0 aromatic heterocycles. The molecule has 100 valence electrons. The molecule has 2 heteroatoms. The van der Waals surface area contributed by atoms with Gasteiger partial charge in [-0.3, -0.25) is 0 Å². The summed E-state index contributed by atoms with van der Waals surface area (Å²) in [5.74, 6) is 0. The van der Waals surface area contributed by atoms with E-state index >= 15 is 0 Å². The van der Waals surface area contributed by atoms with E-state index < -0.39 is 16.0 Å². The van der Waals surface area contributed by atoms with Gasteiger partial charge in [0.2, 0.25) is 0 Å². The molecule has 0 saturated heterocycles. The Morgan fingerprint density at radius 2 is 0.700 bits per heavy atom. The maximum atomic E-state index is 4.20. The summed E-state index contributed by atoms with van der Waals surface area (Å²) in [6, 6.07) is 32.5. The molecule has 3 aromatic rings. The molecule has 0 aliphatic heterocycles. The van der Waals surface area contributed by atoms with Crippen LogP contribution in [0.15, 0.2) is 91.0 Å². The third kappa shape index (κ3) is 2.56. The molecule has 0 aliphatic rings. The van der Waals surface area contributed by atoms with Crippen molar-refractivity contribution in [3.8, 4) is 0 Å². The van der Waals surface area contributed by atoms with Gasteiger partial charge >= 0.3 is 131 Å². The molecule has 0 unspecified atom stereocenters. The molecule has 0 spiro atoms. The van der Waals surface area contributed by atoms with Crippen LogP contribution in [0.5, 0.6) is 0 Å². The summed E-state index contributed by atoms with van der Waals surface area (Å²) in [5, 5.41) is 0. The van der Waals surface area contributed by atoms with Gasteiger partial charge in [-0.15, -0.1) is 0 Å². The van der Waals surface area contributed by atoms with Crippen LogP contribution in [0.3, 0.4) is 0 Å². The first kappa shape index (κ1) is 13.9. The van der Waals surface area contributed by atoms with Gasteiger partial charge in [0.1, 0.15) is 0 Å². The first-order chi connectivity index (χ1) is 9.82. The van der Waals surface area contributed by atoms with Crippen LogP contribution in [0.25, 0.3) is 0 Å². The number of rotatable bonds is 3. The second kappa shape index (κ2) is 6.14. The molecule has 0 atom stereocenters. The Kier molecular flexibility index (Phi) is 4.26. The quantitative estimate of drug-likeness (QED) is 0.551. The zero-order chi connectivity index (χ0) is 13.8. The summed E-state index contributed by atoms with van der Waals surface area (Å²) in [4.78, 5) is 0. The Balaban J connectivity index is 2.24. The third-order valence-electron chi connectivity index (χ3n) is 3.20. The van der Waals surface area contributed by atoms with Gasteiger partial charge in [-0.2, -0.15) is 0 Å². The van der Waals surface area contributed by atoms with Crippen molar-refractivity contribution in [1.82, 2.24) is 0 Å². The van der Waals surface area contributed by atoms with Crippen molar-refractivity contribution in [1.29, 1.82) is 0 Å². The van der Waals surface area contributed by atoms with Crippen molar-refractivity contribution in [3.63, 3.8) is 0 Å². The first-order valence-electron chi connectivity index (χ1n) is 6.50. The van der Waals surface area contributed by atoms with Gasteiger partial charge in [0.25, 0.3) is 0 Å². The van der Waals surface area contributed by atoms with Crippen LogP contribution in [-0.4, -0.2) is 16.0 Å². The standard InChI is InChI=1S/C18H15BrTe/c19-20(16-10-4-1-5-11-16,17-12-6-2-7-13-17)18-14-8-3-9-15-18/h1-15H. The SMILES string of the molecule is Br[Te](c1ccccc1)(c1ccccc1)c1ccccc1. The minimum atomic E-state index is -2.71. The Morgan fingerprint density at radius 1 is 0.450 bits per heavy atom. The van der Waals surface area contributed by atoms with Gasteiger partial charge in [0.05, 0.1) is 0 Å². The maximum absolute atomic E-state index is 4.20. The van der Waals surface area contributed by atoms with E-state index in [2.05, 4.69) is 104 Å². The van der Waals surface area contributed by atoms with Gasteiger partial charge in [0.15, 0.2) is 0 Å². The fraction of sp³-hybridized carbons (Fsp3) is 0. The summed E-state index contributed by atoms with van der Waals surface area (Å²) in [6.07, 6.45) is 0. The van der Waals surface area contributed by atoms with Crippen LogP contribution in [0.4, 0.5) is 0 Å². The van der Waals surface area contributed by atoms with Gasteiger partial charge in [-0.1, -0.05) is 0 Å². The molecule has 0 nitrogen and oxygen atoms in total. The number of halogens is 1. The van der Waals surface area contributed by atoms with Gasteiger partial charge in [0, 0.05) is 0 Å². The molecule has 0 aliphatic carbocycles. The predicted molar refractivity (Wildman–Crippen MR) is 92.9 cm³/mol. The van der Waals surface area contributed by atoms with E-state index in [0.29, 0.717) is 0 Å². The van der Waals surface area contributed by atoms with Crippen molar-refractivity contribution in [2.24, 2.45) is 0 Å². The summed E-state index contributed by atoms with van der Waals surface area (Å²) in [6.45, 7) is 0. The fourth-order valence-electron chi connectivity index (χ4n) is 2.23. The Bertz CT molecular complexity index is 569. The molecule has 0 N–H and O–H groups in total. The summed E-state index contributed by atoms with van der Waals surface area (Å²) in [7, 11) is 0. The van der Waals surface area contributed by atoms with Gasteiger partial charge < -0.3 is 0 Å². The average molecular weight is 439 g/mol. The summed E-state index contributed by atoms with van der Waals surface area (Å²) >= 11 is 1.49. The first-order valence-corrected chi connectivity index (χ1v) is 15.2. The zero-order valence-electron chi connectivity index (χ0n) is 10.9. The number of hydrogen-bond acceptors (Lipinski definition) is 0. The van der Waals surface area contributed by atoms with Crippen molar-refractivity contribution in [2.45, 2.75) is 0 Å². The van der Waals surface area contributed by atoms with Crippen LogP contribution in [0.1, 0.15) is 0 Å². The van der Waals surface area contributed by atoms with E-state index in [4.69, 9.17) is 0 Å². The Hall–Kier alpha value is -1.07. The molecule has 0 amide bonds. The molecule has 0 heterocycles. The second-order valence-electron chi connectivity index (χ2n) is 4.48.